The summed E-state index contributed by atoms with van der Waals surface area (Å²) in [6.07, 6.45) is 1.09. The molecule has 0 bridgehead atoms. The van der Waals surface area contributed by atoms with Crippen LogP contribution in [0.4, 0.5) is 10.1 Å². The highest BCUT2D eigenvalue weighted by Crippen LogP contribution is 2.34. The molecule has 3 rings (SSSR count). The van der Waals surface area contributed by atoms with E-state index in [9.17, 15) is 9.18 Å². The summed E-state index contributed by atoms with van der Waals surface area (Å²) in [6, 6.07) is 7.00. The summed E-state index contributed by atoms with van der Waals surface area (Å²) in [5.74, 6) is 1.07. The number of hydrogen-bond donors (Lipinski definition) is 1. The van der Waals surface area contributed by atoms with Crippen LogP contribution in [0.15, 0.2) is 24.3 Å². The summed E-state index contributed by atoms with van der Waals surface area (Å²) in [5.41, 5.74) is 0.713. The highest BCUT2D eigenvalue weighted by molar-refractivity contribution is 5.77. The first-order valence-electron chi connectivity index (χ1n) is 7.60. The van der Waals surface area contributed by atoms with Crippen molar-refractivity contribution in [3.05, 3.63) is 30.1 Å². The van der Waals surface area contributed by atoms with Crippen LogP contribution in [-0.2, 0) is 4.79 Å². The van der Waals surface area contributed by atoms with Gasteiger partial charge in [-0.15, -0.1) is 0 Å². The summed E-state index contributed by atoms with van der Waals surface area (Å²) in [5, 5.41) is 2.67. The lowest BCUT2D eigenvalue weighted by atomic mass is 9.89. The Bertz CT molecular complexity index is 522. The minimum Gasteiger partial charge on any atom is -0.369 e. The van der Waals surface area contributed by atoms with Gasteiger partial charge in [0.15, 0.2) is 0 Å². The lowest BCUT2D eigenvalue weighted by molar-refractivity contribution is -0.122. The van der Waals surface area contributed by atoms with Crippen molar-refractivity contribution in [3.8, 4) is 0 Å². The highest BCUT2D eigenvalue weighted by atomic mass is 19.1. The summed E-state index contributed by atoms with van der Waals surface area (Å²) in [6.45, 7) is 4.18. The number of nitrogens with zero attached hydrogens (tertiary/aromatic N) is 2. The Labute approximate surface area is 124 Å². The van der Waals surface area contributed by atoms with Gasteiger partial charge in [0.25, 0.3) is 0 Å². The van der Waals surface area contributed by atoms with Gasteiger partial charge in [0, 0.05) is 26.7 Å². The average molecular weight is 291 g/mol. The number of halogens is 1. The van der Waals surface area contributed by atoms with Gasteiger partial charge in [-0.25, -0.2) is 4.39 Å². The molecule has 114 valence electrons. The average Bonchev–Trinajstić information content (AvgIpc) is 2.90. The zero-order chi connectivity index (χ0) is 14.8. The first-order chi connectivity index (χ1) is 10.2. The maximum absolute atomic E-state index is 13.9. The maximum Gasteiger partial charge on any atom is 0.233 e. The van der Waals surface area contributed by atoms with Gasteiger partial charge in [0.1, 0.15) is 5.82 Å². The van der Waals surface area contributed by atoms with E-state index in [1.165, 1.54) is 6.07 Å². The predicted molar refractivity (Wildman–Crippen MR) is 80.7 cm³/mol. The van der Waals surface area contributed by atoms with Crippen LogP contribution < -0.4 is 10.2 Å². The molecule has 0 radical (unpaired) electrons. The van der Waals surface area contributed by atoms with E-state index < -0.39 is 0 Å². The molecule has 2 aliphatic heterocycles. The van der Waals surface area contributed by atoms with E-state index in [4.69, 9.17) is 0 Å². The Kier molecular flexibility index (Phi) is 4.10. The minimum absolute atomic E-state index is 0.0670. The van der Waals surface area contributed by atoms with Gasteiger partial charge in [0.2, 0.25) is 5.91 Å². The third-order valence-electron chi connectivity index (χ3n) is 4.72. The first kappa shape index (κ1) is 14.3. The molecule has 2 atom stereocenters. The molecule has 0 saturated carbocycles. The standard InChI is InChI=1S/C16H22FN3O/c1-18-16(21)11-19-7-6-12-9-20(10-13(12)8-19)15-5-3-2-4-14(15)17/h2-5,12-13H,6-11H2,1H3,(H,18,21)/t12-,13+/m0/s1. The van der Waals surface area contributed by atoms with E-state index in [0.29, 0.717) is 24.1 Å². The van der Waals surface area contributed by atoms with Crippen molar-refractivity contribution in [3.63, 3.8) is 0 Å². The molecule has 0 unspecified atom stereocenters. The largest absolute Gasteiger partial charge is 0.369 e. The number of hydrogen-bond acceptors (Lipinski definition) is 3. The molecule has 0 aliphatic carbocycles. The number of amides is 1. The van der Waals surface area contributed by atoms with Gasteiger partial charge in [-0.05, 0) is 36.9 Å². The van der Waals surface area contributed by atoms with Crippen molar-refractivity contribution in [1.82, 2.24) is 10.2 Å². The Morgan fingerprint density at radius 3 is 2.81 bits per heavy atom. The molecule has 2 heterocycles. The maximum atomic E-state index is 13.9. The van der Waals surface area contributed by atoms with Gasteiger partial charge in [-0.1, -0.05) is 12.1 Å². The monoisotopic (exact) mass is 291 g/mol. The Morgan fingerprint density at radius 1 is 1.29 bits per heavy atom. The molecule has 5 heteroatoms. The number of nitrogens with one attached hydrogen (secondary N) is 1. The number of likely N-dealkylation sites (tertiary alicyclic amines) is 1. The van der Waals surface area contributed by atoms with Gasteiger partial charge >= 0.3 is 0 Å². The highest BCUT2D eigenvalue weighted by Gasteiger charge is 2.37. The number of rotatable bonds is 3. The van der Waals surface area contributed by atoms with Crippen molar-refractivity contribution < 1.29 is 9.18 Å². The third kappa shape index (κ3) is 3.02. The van der Waals surface area contributed by atoms with Gasteiger partial charge in [-0.3, -0.25) is 9.69 Å². The topological polar surface area (TPSA) is 35.6 Å². The lowest BCUT2D eigenvalue weighted by Gasteiger charge is -2.33. The molecule has 0 aromatic heterocycles. The van der Waals surface area contributed by atoms with Crippen LogP contribution >= 0.6 is 0 Å². The van der Waals surface area contributed by atoms with E-state index in [2.05, 4.69) is 15.1 Å². The summed E-state index contributed by atoms with van der Waals surface area (Å²) < 4.78 is 13.9. The fourth-order valence-electron chi connectivity index (χ4n) is 3.57. The quantitative estimate of drug-likeness (QED) is 0.912. The van der Waals surface area contributed by atoms with E-state index in [1.54, 1.807) is 13.1 Å². The van der Waals surface area contributed by atoms with Crippen molar-refractivity contribution in [2.24, 2.45) is 11.8 Å². The second kappa shape index (κ2) is 6.02. The SMILES string of the molecule is CNC(=O)CN1CC[C@H]2CN(c3ccccc3F)C[C@H]2C1. The molecular weight excluding hydrogens is 269 g/mol. The molecule has 1 aromatic carbocycles. The Morgan fingerprint density at radius 2 is 2.05 bits per heavy atom. The fourth-order valence-corrected chi connectivity index (χ4v) is 3.57. The van der Waals surface area contributed by atoms with E-state index in [-0.39, 0.29) is 11.7 Å². The molecule has 21 heavy (non-hydrogen) atoms. The lowest BCUT2D eigenvalue weighted by Crippen LogP contribution is -2.44. The van der Waals surface area contributed by atoms with E-state index in [1.807, 2.05) is 12.1 Å². The van der Waals surface area contributed by atoms with Gasteiger partial charge in [-0.2, -0.15) is 0 Å². The molecule has 1 N–H and O–H groups in total. The van der Waals surface area contributed by atoms with Crippen molar-refractivity contribution in [2.45, 2.75) is 6.42 Å². The van der Waals surface area contributed by atoms with E-state index >= 15 is 0 Å². The molecule has 2 fully saturated rings. The number of piperidine rings is 1. The van der Waals surface area contributed by atoms with Crippen LogP contribution in [0.2, 0.25) is 0 Å². The van der Waals surface area contributed by atoms with E-state index in [0.717, 1.165) is 32.6 Å². The zero-order valence-corrected chi connectivity index (χ0v) is 12.4. The van der Waals surface area contributed by atoms with Crippen LogP contribution in [0.25, 0.3) is 0 Å². The summed E-state index contributed by atoms with van der Waals surface area (Å²) >= 11 is 0. The molecule has 0 spiro atoms. The van der Waals surface area contributed by atoms with Crippen LogP contribution in [0.3, 0.4) is 0 Å². The minimum atomic E-state index is -0.140. The zero-order valence-electron chi connectivity index (χ0n) is 12.4. The van der Waals surface area contributed by atoms with Crippen LogP contribution in [0, 0.1) is 17.7 Å². The van der Waals surface area contributed by atoms with Crippen molar-refractivity contribution in [1.29, 1.82) is 0 Å². The number of likely N-dealkylation sites (N-methyl/N-ethyl adjacent to an activating group) is 1. The molecule has 2 saturated heterocycles. The number of carbonyl (C=O) groups excluding carboxylic acids is 1. The fraction of sp³-hybridized carbons (Fsp3) is 0.562. The first-order valence-corrected chi connectivity index (χ1v) is 7.60. The number of anilines is 1. The van der Waals surface area contributed by atoms with Gasteiger partial charge < -0.3 is 10.2 Å². The number of benzene rings is 1. The van der Waals surface area contributed by atoms with Crippen LogP contribution in [0.5, 0.6) is 0 Å². The predicted octanol–water partition coefficient (Wildman–Crippen LogP) is 1.33. The second-order valence-corrected chi connectivity index (χ2v) is 6.07. The molecule has 1 amide bonds. The van der Waals surface area contributed by atoms with Crippen LogP contribution in [0.1, 0.15) is 6.42 Å². The molecule has 2 aliphatic rings. The van der Waals surface area contributed by atoms with Gasteiger partial charge in [0.05, 0.1) is 12.2 Å². The second-order valence-electron chi connectivity index (χ2n) is 6.07. The number of carbonyl (C=O) groups is 1. The number of fused-ring (bicyclic) bond motifs is 1. The summed E-state index contributed by atoms with van der Waals surface area (Å²) in [4.78, 5) is 15.9. The number of para-hydroxylation sites is 1. The molecular formula is C16H22FN3O. The smallest absolute Gasteiger partial charge is 0.233 e. The molecule has 1 aromatic rings. The van der Waals surface area contributed by atoms with Crippen molar-refractivity contribution in [2.75, 3.05) is 44.7 Å². The molecule has 4 nitrogen and oxygen atoms in total. The Hall–Kier alpha value is -1.62. The normalized spacial score (nSPS) is 25.7. The van der Waals surface area contributed by atoms with Crippen LogP contribution in [-0.4, -0.2) is 50.6 Å². The van der Waals surface area contributed by atoms with Crippen molar-refractivity contribution >= 4 is 11.6 Å². The summed E-state index contributed by atoms with van der Waals surface area (Å²) in [7, 11) is 1.67. The Balaban J connectivity index is 1.64. The third-order valence-corrected chi connectivity index (χ3v) is 4.72.